The van der Waals surface area contributed by atoms with Gasteiger partial charge in [0, 0.05) is 12.2 Å². The third-order valence-corrected chi connectivity index (χ3v) is 5.19. The number of rotatable bonds is 7. The Morgan fingerprint density at radius 3 is 2.91 bits per heavy atom. The van der Waals surface area contributed by atoms with Gasteiger partial charge < -0.3 is 14.6 Å². The van der Waals surface area contributed by atoms with Crippen LogP contribution in [0.3, 0.4) is 0 Å². The zero-order valence-corrected chi connectivity index (χ0v) is 17.5. The number of anilines is 1. The van der Waals surface area contributed by atoms with Gasteiger partial charge in [-0.3, -0.25) is 9.69 Å². The molecule has 1 aromatic carbocycles. The van der Waals surface area contributed by atoms with Gasteiger partial charge in [0.05, 0.1) is 18.0 Å². The van der Waals surface area contributed by atoms with E-state index in [0.29, 0.717) is 30.4 Å². The number of carbonyl (C=O) groups is 1. The van der Waals surface area contributed by atoms with Crippen LogP contribution in [-0.4, -0.2) is 45.6 Å². The summed E-state index contributed by atoms with van der Waals surface area (Å²) in [5.41, 5.74) is 1.16. The van der Waals surface area contributed by atoms with Crippen molar-refractivity contribution in [2.24, 2.45) is 5.92 Å². The Morgan fingerprint density at radius 2 is 2.09 bits per heavy atom. The first kappa shape index (κ1) is 21.8. The van der Waals surface area contributed by atoms with Crippen LogP contribution in [0.25, 0.3) is 11.4 Å². The Morgan fingerprint density at radius 1 is 1.25 bits per heavy atom. The highest BCUT2D eigenvalue weighted by molar-refractivity contribution is 5.91. The van der Waals surface area contributed by atoms with Gasteiger partial charge in [-0.25, -0.2) is 4.98 Å². The van der Waals surface area contributed by atoms with Crippen molar-refractivity contribution in [3.8, 4) is 17.1 Å². The molecule has 168 valence electrons. The zero-order chi connectivity index (χ0) is 22.5. The number of benzene rings is 1. The molecule has 32 heavy (non-hydrogen) atoms. The number of pyridine rings is 1. The number of carbonyl (C=O) groups excluding carboxylic acids is 1. The lowest BCUT2D eigenvalue weighted by molar-refractivity contribution is -0.121. The summed E-state index contributed by atoms with van der Waals surface area (Å²) in [6, 6.07) is 11.8. The predicted molar refractivity (Wildman–Crippen MR) is 112 cm³/mol. The number of hydrogen-bond donors (Lipinski definition) is 1. The first-order valence-electron chi connectivity index (χ1n) is 10.3. The summed E-state index contributed by atoms with van der Waals surface area (Å²) in [6.07, 6.45) is 1.63. The van der Waals surface area contributed by atoms with E-state index in [-0.39, 0.29) is 23.4 Å². The van der Waals surface area contributed by atoms with E-state index >= 15 is 0 Å². The molecule has 0 radical (unpaired) electrons. The number of aryl methyl sites for hydroxylation is 1. The van der Waals surface area contributed by atoms with Gasteiger partial charge in [0.25, 0.3) is 0 Å². The van der Waals surface area contributed by atoms with Crippen molar-refractivity contribution >= 4 is 11.7 Å². The molecule has 3 heterocycles. The van der Waals surface area contributed by atoms with Gasteiger partial charge in [-0.05, 0) is 50.6 Å². The number of nitrogens with one attached hydrogen (secondary N) is 1. The maximum atomic E-state index is 12.7. The van der Waals surface area contributed by atoms with E-state index in [1.807, 2.05) is 19.1 Å². The Labute approximate surface area is 183 Å². The molecule has 3 aromatic rings. The highest BCUT2D eigenvalue weighted by Gasteiger charge is 2.27. The number of likely N-dealkylation sites (tertiary alicyclic amines) is 1. The minimum absolute atomic E-state index is 0.0192. The first-order chi connectivity index (χ1) is 15.5. The highest BCUT2D eigenvalue weighted by Crippen LogP contribution is 2.29. The number of aromatic nitrogens is 3. The molecule has 0 aliphatic carbocycles. The molecule has 1 unspecified atom stereocenters. The molecule has 2 aromatic heterocycles. The largest absolute Gasteiger partial charge is 0.434 e. The molecular weight excluding hydrogens is 420 g/mol. The SMILES string of the molecule is Cc1cccc(NC(=O)C2CCCN(Cc3nc(-c4ccccc4OC(F)F)no3)C2)n1. The van der Waals surface area contributed by atoms with Crippen molar-refractivity contribution in [1.29, 1.82) is 0 Å². The summed E-state index contributed by atoms with van der Waals surface area (Å²) in [7, 11) is 0. The van der Waals surface area contributed by atoms with Gasteiger partial charge in [-0.15, -0.1) is 0 Å². The van der Waals surface area contributed by atoms with Crippen LogP contribution in [0.15, 0.2) is 47.0 Å². The molecule has 1 aliphatic heterocycles. The van der Waals surface area contributed by atoms with Gasteiger partial charge in [0.15, 0.2) is 0 Å². The number of ether oxygens (including phenoxy) is 1. The Balaban J connectivity index is 1.39. The maximum Gasteiger partial charge on any atom is 0.387 e. The molecule has 8 nitrogen and oxygen atoms in total. The van der Waals surface area contributed by atoms with Crippen molar-refractivity contribution in [3.63, 3.8) is 0 Å². The quantitative estimate of drug-likeness (QED) is 0.592. The fraction of sp³-hybridized carbons (Fsp3) is 0.364. The maximum absolute atomic E-state index is 12.7. The van der Waals surface area contributed by atoms with Crippen LogP contribution in [0.5, 0.6) is 5.75 Å². The Kier molecular flexibility index (Phi) is 6.69. The summed E-state index contributed by atoms with van der Waals surface area (Å²) in [6.45, 7) is 0.607. The second-order valence-electron chi connectivity index (χ2n) is 7.61. The van der Waals surface area contributed by atoms with Crippen LogP contribution in [0, 0.1) is 12.8 Å². The zero-order valence-electron chi connectivity index (χ0n) is 17.5. The number of piperidine rings is 1. The van der Waals surface area contributed by atoms with Crippen molar-refractivity contribution in [2.45, 2.75) is 32.9 Å². The topological polar surface area (TPSA) is 93.4 Å². The van der Waals surface area contributed by atoms with Crippen molar-refractivity contribution in [2.75, 3.05) is 18.4 Å². The van der Waals surface area contributed by atoms with E-state index in [1.165, 1.54) is 6.07 Å². The molecule has 0 saturated carbocycles. The summed E-state index contributed by atoms with van der Waals surface area (Å²) >= 11 is 0. The summed E-state index contributed by atoms with van der Waals surface area (Å²) < 4.78 is 35.2. The normalized spacial score (nSPS) is 16.8. The second-order valence-corrected chi connectivity index (χ2v) is 7.61. The smallest absolute Gasteiger partial charge is 0.387 e. The molecule has 1 fully saturated rings. The summed E-state index contributed by atoms with van der Waals surface area (Å²) in [5, 5.41) is 6.79. The fourth-order valence-electron chi connectivity index (χ4n) is 3.72. The molecule has 1 amide bonds. The van der Waals surface area contributed by atoms with Gasteiger partial charge in [-0.2, -0.15) is 13.8 Å². The average molecular weight is 443 g/mol. The highest BCUT2D eigenvalue weighted by atomic mass is 19.3. The lowest BCUT2D eigenvalue weighted by Gasteiger charge is -2.30. The Hall–Kier alpha value is -3.40. The van der Waals surface area contributed by atoms with Crippen LogP contribution in [-0.2, 0) is 11.3 Å². The molecule has 1 N–H and O–H groups in total. The second kappa shape index (κ2) is 9.82. The van der Waals surface area contributed by atoms with Crippen molar-refractivity contribution in [1.82, 2.24) is 20.0 Å². The van der Waals surface area contributed by atoms with E-state index < -0.39 is 6.61 Å². The first-order valence-corrected chi connectivity index (χ1v) is 10.3. The van der Waals surface area contributed by atoms with Gasteiger partial charge in [0.1, 0.15) is 11.6 Å². The van der Waals surface area contributed by atoms with Crippen LogP contribution in [0.1, 0.15) is 24.4 Å². The number of nitrogens with zero attached hydrogens (tertiary/aromatic N) is 4. The lowest BCUT2D eigenvalue weighted by Crippen LogP contribution is -2.40. The summed E-state index contributed by atoms with van der Waals surface area (Å²) in [5.74, 6) is 0.778. The number of para-hydroxylation sites is 1. The van der Waals surface area contributed by atoms with Gasteiger partial charge in [-0.1, -0.05) is 23.4 Å². The monoisotopic (exact) mass is 443 g/mol. The molecule has 1 atom stereocenters. The number of halogens is 2. The third-order valence-electron chi connectivity index (χ3n) is 5.19. The van der Waals surface area contributed by atoms with E-state index in [9.17, 15) is 13.6 Å². The molecular formula is C22H23F2N5O3. The number of alkyl halides is 2. The summed E-state index contributed by atoms with van der Waals surface area (Å²) in [4.78, 5) is 23.4. The van der Waals surface area contributed by atoms with Crippen molar-refractivity contribution in [3.05, 3.63) is 54.0 Å². The molecule has 4 rings (SSSR count). The third kappa shape index (κ3) is 5.44. The molecule has 0 spiro atoms. The van der Waals surface area contributed by atoms with Crippen molar-refractivity contribution < 1.29 is 22.8 Å². The van der Waals surface area contributed by atoms with Gasteiger partial charge >= 0.3 is 6.61 Å². The van der Waals surface area contributed by atoms with Crippen LogP contribution >= 0.6 is 0 Å². The van der Waals surface area contributed by atoms with Crippen LogP contribution < -0.4 is 10.1 Å². The van der Waals surface area contributed by atoms with E-state index in [0.717, 1.165) is 25.1 Å². The lowest BCUT2D eigenvalue weighted by atomic mass is 9.97. The number of hydrogen-bond acceptors (Lipinski definition) is 7. The minimum Gasteiger partial charge on any atom is -0.434 e. The van der Waals surface area contributed by atoms with E-state index in [1.54, 1.807) is 24.3 Å². The molecule has 10 heteroatoms. The molecule has 0 bridgehead atoms. The molecule has 1 aliphatic rings. The Bertz CT molecular complexity index is 1070. The number of amides is 1. The van der Waals surface area contributed by atoms with E-state index in [2.05, 4.69) is 30.1 Å². The standard InChI is InChI=1S/C22H23F2N5O3/c1-14-6-4-10-18(25-14)26-21(30)15-7-5-11-29(12-15)13-19-27-20(28-32-19)16-8-2-3-9-17(16)31-22(23)24/h2-4,6,8-10,15,22H,5,7,11-13H2,1H3,(H,25,26,30). The van der Waals surface area contributed by atoms with Crippen LogP contribution in [0.4, 0.5) is 14.6 Å². The fourth-order valence-corrected chi connectivity index (χ4v) is 3.72. The predicted octanol–water partition coefficient (Wildman–Crippen LogP) is 3.89. The molecule has 1 saturated heterocycles. The van der Waals surface area contributed by atoms with Gasteiger partial charge in [0.2, 0.25) is 17.6 Å². The average Bonchev–Trinajstić information content (AvgIpc) is 3.22. The van der Waals surface area contributed by atoms with Crippen LogP contribution in [0.2, 0.25) is 0 Å². The minimum atomic E-state index is -2.95. The van der Waals surface area contributed by atoms with E-state index in [4.69, 9.17) is 4.52 Å².